The van der Waals surface area contributed by atoms with Gasteiger partial charge in [-0.25, -0.2) is 0 Å². The fourth-order valence-corrected chi connectivity index (χ4v) is 2.53. The molecule has 0 aromatic rings. The molecule has 0 amide bonds. The molecule has 3 aliphatic rings. The Kier molecular flexibility index (Phi) is 3.08. The molecule has 2 atom stereocenters. The maximum Gasteiger partial charge on any atom is 0.107 e. The fraction of sp³-hybridized carbons (Fsp3) is 0.533. The monoisotopic (exact) mass is 244 g/mol. The highest BCUT2D eigenvalue weighted by Crippen LogP contribution is 2.33. The van der Waals surface area contributed by atoms with Crippen LogP contribution < -0.4 is 5.32 Å². The van der Waals surface area contributed by atoms with Crippen LogP contribution in [0.25, 0.3) is 0 Å². The van der Waals surface area contributed by atoms with Crippen molar-refractivity contribution in [3.63, 3.8) is 0 Å². The predicted octanol–water partition coefficient (Wildman–Crippen LogP) is 2.57. The average Bonchev–Trinajstić information content (AvgIpc) is 3.21. The number of nitrogens with zero attached hydrogens (tertiary/aromatic N) is 1. The zero-order chi connectivity index (χ0) is 12.5. The van der Waals surface area contributed by atoms with Gasteiger partial charge in [0, 0.05) is 12.1 Å². The molecule has 1 aliphatic heterocycles. The van der Waals surface area contributed by atoms with Crippen LogP contribution >= 0.6 is 0 Å². The summed E-state index contributed by atoms with van der Waals surface area (Å²) in [4.78, 5) is 4.79. The largest absolute Gasteiger partial charge is 0.500 e. The second-order valence-electron chi connectivity index (χ2n) is 5.26. The molecule has 3 heteroatoms. The highest BCUT2D eigenvalue weighted by Gasteiger charge is 2.29. The first-order valence-electron chi connectivity index (χ1n) is 6.75. The van der Waals surface area contributed by atoms with Gasteiger partial charge in [-0.05, 0) is 38.3 Å². The summed E-state index contributed by atoms with van der Waals surface area (Å²) in [6.07, 6.45) is 12.1. The van der Waals surface area contributed by atoms with Crippen molar-refractivity contribution in [1.82, 2.24) is 5.32 Å². The molecule has 0 saturated heterocycles. The fourth-order valence-electron chi connectivity index (χ4n) is 2.53. The normalized spacial score (nSPS) is 27.9. The Morgan fingerprint density at radius 3 is 3.00 bits per heavy atom. The molecule has 96 valence electrons. The summed E-state index contributed by atoms with van der Waals surface area (Å²) >= 11 is 0. The van der Waals surface area contributed by atoms with E-state index >= 15 is 0 Å². The number of dihydropyridines is 1. The van der Waals surface area contributed by atoms with E-state index in [0.717, 1.165) is 23.6 Å². The Hall–Kier alpha value is -1.35. The van der Waals surface area contributed by atoms with E-state index in [1.54, 1.807) is 7.11 Å². The van der Waals surface area contributed by atoms with Gasteiger partial charge in [-0.3, -0.25) is 4.99 Å². The van der Waals surface area contributed by atoms with Gasteiger partial charge < -0.3 is 10.1 Å². The van der Waals surface area contributed by atoms with Crippen molar-refractivity contribution in [2.75, 3.05) is 7.11 Å². The standard InChI is InChI=1S/C15H20N2O/c1-10(16-11-7-8-11)14-9-15(18-2)12-5-3-4-6-13(12)17-14/h3-4,6,9-12,16H,5,7-8H2,1-2H3. The second kappa shape index (κ2) is 4.73. The molecule has 0 spiro atoms. The summed E-state index contributed by atoms with van der Waals surface area (Å²) in [5.74, 6) is 1.36. The SMILES string of the molecule is COC1=CC(C(C)NC2CC2)=NC2=CC=CCC21. The Labute approximate surface area is 108 Å². The van der Waals surface area contributed by atoms with Gasteiger partial charge in [0.25, 0.3) is 0 Å². The second-order valence-corrected chi connectivity index (χ2v) is 5.26. The molecule has 18 heavy (non-hydrogen) atoms. The number of fused-ring (bicyclic) bond motifs is 1. The quantitative estimate of drug-likeness (QED) is 0.824. The third-order valence-corrected chi connectivity index (χ3v) is 3.77. The van der Waals surface area contributed by atoms with E-state index in [2.05, 4.69) is 36.5 Å². The molecular formula is C15H20N2O. The summed E-state index contributed by atoms with van der Waals surface area (Å²) in [6, 6.07) is 0.996. The summed E-state index contributed by atoms with van der Waals surface area (Å²) in [7, 11) is 1.75. The van der Waals surface area contributed by atoms with E-state index in [4.69, 9.17) is 9.73 Å². The van der Waals surface area contributed by atoms with Crippen molar-refractivity contribution in [1.29, 1.82) is 0 Å². The van der Waals surface area contributed by atoms with Crippen LogP contribution in [0, 0.1) is 5.92 Å². The lowest BCUT2D eigenvalue weighted by Crippen LogP contribution is -2.36. The van der Waals surface area contributed by atoms with E-state index in [1.807, 2.05) is 0 Å². The van der Waals surface area contributed by atoms with Crippen LogP contribution in [0.1, 0.15) is 26.2 Å². The van der Waals surface area contributed by atoms with Crippen molar-refractivity contribution in [3.05, 3.63) is 35.8 Å². The highest BCUT2D eigenvalue weighted by atomic mass is 16.5. The van der Waals surface area contributed by atoms with Gasteiger partial charge in [0.05, 0.1) is 24.4 Å². The van der Waals surface area contributed by atoms with Crippen molar-refractivity contribution in [2.45, 2.75) is 38.3 Å². The maximum absolute atomic E-state index is 5.54. The van der Waals surface area contributed by atoms with Crippen molar-refractivity contribution >= 4 is 5.71 Å². The lowest BCUT2D eigenvalue weighted by atomic mass is 9.91. The Morgan fingerprint density at radius 2 is 2.28 bits per heavy atom. The van der Waals surface area contributed by atoms with Crippen molar-refractivity contribution in [2.24, 2.45) is 10.9 Å². The number of rotatable bonds is 4. The minimum absolute atomic E-state index is 0.301. The Bertz CT molecular complexity index is 455. The Morgan fingerprint density at radius 1 is 1.44 bits per heavy atom. The maximum atomic E-state index is 5.54. The van der Waals surface area contributed by atoms with Gasteiger partial charge in [-0.15, -0.1) is 0 Å². The first-order valence-corrected chi connectivity index (χ1v) is 6.75. The van der Waals surface area contributed by atoms with E-state index < -0.39 is 0 Å². The van der Waals surface area contributed by atoms with Crippen molar-refractivity contribution in [3.8, 4) is 0 Å². The Balaban J connectivity index is 1.84. The summed E-state index contributed by atoms with van der Waals surface area (Å²) in [6.45, 7) is 2.18. The number of allylic oxidation sites excluding steroid dienone is 3. The van der Waals surface area contributed by atoms with Gasteiger partial charge in [-0.1, -0.05) is 12.2 Å². The predicted molar refractivity (Wildman–Crippen MR) is 73.5 cm³/mol. The first-order chi connectivity index (χ1) is 8.78. The highest BCUT2D eigenvalue weighted by molar-refractivity contribution is 6.01. The van der Waals surface area contributed by atoms with E-state index in [-0.39, 0.29) is 0 Å². The smallest absolute Gasteiger partial charge is 0.107 e. The van der Waals surface area contributed by atoms with Gasteiger partial charge >= 0.3 is 0 Å². The lowest BCUT2D eigenvalue weighted by Gasteiger charge is -2.27. The number of aliphatic imine (C=N–C) groups is 1. The molecule has 2 aliphatic carbocycles. The third-order valence-electron chi connectivity index (χ3n) is 3.77. The molecule has 0 aromatic carbocycles. The van der Waals surface area contributed by atoms with E-state index in [9.17, 15) is 0 Å². The molecule has 0 bridgehead atoms. The zero-order valence-corrected chi connectivity index (χ0v) is 11.0. The number of ether oxygens (including phenoxy) is 1. The third kappa shape index (κ3) is 2.27. The van der Waals surface area contributed by atoms with Crippen LogP contribution in [0.5, 0.6) is 0 Å². The molecule has 3 rings (SSSR count). The van der Waals surface area contributed by atoms with Gasteiger partial charge in [0.2, 0.25) is 0 Å². The molecule has 1 heterocycles. The average molecular weight is 244 g/mol. The van der Waals surface area contributed by atoms with Crippen LogP contribution in [0.15, 0.2) is 40.8 Å². The molecule has 1 saturated carbocycles. The zero-order valence-electron chi connectivity index (χ0n) is 11.0. The molecule has 1 N–H and O–H groups in total. The van der Waals surface area contributed by atoms with Crippen LogP contribution in [-0.2, 0) is 4.74 Å². The summed E-state index contributed by atoms with van der Waals surface area (Å²) in [5, 5.41) is 3.59. The topological polar surface area (TPSA) is 33.6 Å². The van der Waals surface area contributed by atoms with Crippen molar-refractivity contribution < 1.29 is 4.74 Å². The molecule has 2 unspecified atom stereocenters. The van der Waals surface area contributed by atoms with Gasteiger partial charge in [0.15, 0.2) is 0 Å². The molecule has 0 aromatic heterocycles. The van der Waals surface area contributed by atoms with Crippen LogP contribution in [0.2, 0.25) is 0 Å². The van der Waals surface area contributed by atoms with E-state index in [0.29, 0.717) is 18.0 Å². The van der Waals surface area contributed by atoms with E-state index in [1.165, 1.54) is 12.8 Å². The van der Waals surface area contributed by atoms with Crippen LogP contribution in [0.4, 0.5) is 0 Å². The number of nitrogens with one attached hydrogen (secondary N) is 1. The molecular weight excluding hydrogens is 224 g/mol. The van der Waals surface area contributed by atoms with Crippen LogP contribution in [-0.4, -0.2) is 24.9 Å². The number of hydrogen-bond donors (Lipinski definition) is 1. The minimum Gasteiger partial charge on any atom is -0.500 e. The number of hydrogen-bond acceptors (Lipinski definition) is 3. The van der Waals surface area contributed by atoms with Gasteiger partial charge in [-0.2, -0.15) is 0 Å². The summed E-state index contributed by atoms with van der Waals surface area (Å²) in [5.41, 5.74) is 2.23. The molecule has 3 nitrogen and oxygen atoms in total. The van der Waals surface area contributed by atoms with Gasteiger partial charge in [0.1, 0.15) is 5.76 Å². The molecule has 0 radical (unpaired) electrons. The molecule has 1 fully saturated rings. The summed E-state index contributed by atoms with van der Waals surface area (Å²) < 4.78 is 5.54. The minimum atomic E-state index is 0.301. The van der Waals surface area contributed by atoms with Crippen LogP contribution in [0.3, 0.4) is 0 Å². The first kappa shape index (κ1) is 11.7. The number of methoxy groups -OCH3 is 1. The lowest BCUT2D eigenvalue weighted by molar-refractivity contribution is 0.251.